The number of methoxy groups -OCH3 is 1. The lowest BCUT2D eigenvalue weighted by Gasteiger charge is -2.26. The van der Waals surface area contributed by atoms with E-state index in [0.29, 0.717) is 32.1 Å². The fourth-order valence-electron chi connectivity index (χ4n) is 2.30. The molecule has 2 N–H and O–H groups in total. The molecule has 0 atom stereocenters. The maximum absolute atomic E-state index is 12.2. The van der Waals surface area contributed by atoms with E-state index in [1.807, 2.05) is 0 Å². The van der Waals surface area contributed by atoms with E-state index in [9.17, 15) is 13.2 Å². The van der Waals surface area contributed by atoms with E-state index in [1.54, 1.807) is 0 Å². The topological polar surface area (TPSA) is 97.0 Å². The molecule has 1 heterocycles. The zero-order chi connectivity index (χ0) is 18.3. The number of morpholine rings is 1. The van der Waals surface area contributed by atoms with Crippen molar-refractivity contribution in [1.82, 2.24) is 14.9 Å². The van der Waals surface area contributed by atoms with Crippen molar-refractivity contribution in [1.29, 1.82) is 0 Å². The number of amides is 1. The quantitative estimate of drug-likeness (QED) is 0.651. The second-order valence-corrected chi connectivity index (χ2v) is 7.60. The molecular formula is C15H22ClN3O5S. The zero-order valence-corrected chi connectivity index (χ0v) is 15.5. The van der Waals surface area contributed by atoms with Crippen LogP contribution in [0, 0.1) is 0 Å². The first-order valence-corrected chi connectivity index (χ1v) is 9.68. The van der Waals surface area contributed by atoms with Crippen molar-refractivity contribution in [2.24, 2.45) is 0 Å². The third-order valence-corrected chi connectivity index (χ3v) is 5.40. The minimum atomic E-state index is -3.83. The first-order valence-electron chi connectivity index (χ1n) is 7.82. The lowest BCUT2D eigenvalue weighted by atomic mass is 10.3. The van der Waals surface area contributed by atoms with Gasteiger partial charge in [-0.25, -0.2) is 13.1 Å². The number of hydrogen-bond acceptors (Lipinski definition) is 6. The van der Waals surface area contributed by atoms with Gasteiger partial charge in [0.05, 0.1) is 36.8 Å². The molecule has 1 aromatic rings. The van der Waals surface area contributed by atoms with Gasteiger partial charge in [0.1, 0.15) is 5.75 Å². The summed E-state index contributed by atoms with van der Waals surface area (Å²) in [7, 11) is -2.39. The van der Waals surface area contributed by atoms with Crippen molar-refractivity contribution in [3.8, 4) is 5.75 Å². The van der Waals surface area contributed by atoms with Crippen LogP contribution in [0.4, 0.5) is 0 Å². The number of hydrogen-bond donors (Lipinski definition) is 2. The Morgan fingerprint density at radius 1 is 1.36 bits per heavy atom. The van der Waals surface area contributed by atoms with Gasteiger partial charge < -0.3 is 14.8 Å². The van der Waals surface area contributed by atoms with E-state index >= 15 is 0 Å². The predicted octanol–water partition coefficient (Wildman–Crippen LogP) is 0.0753. The number of carbonyl (C=O) groups is 1. The van der Waals surface area contributed by atoms with Gasteiger partial charge in [-0.05, 0) is 18.2 Å². The van der Waals surface area contributed by atoms with Crippen LogP contribution in [0.5, 0.6) is 5.75 Å². The van der Waals surface area contributed by atoms with Crippen LogP contribution < -0.4 is 14.8 Å². The molecule has 25 heavy (non-hydrogen) atoms. The van der Waals surface area contributed by atoms with E-state index in [1.165, 1.54) is 25.3 Å². The Kier molecular flexibility index (Phi) is 7.45. The Morgan fingerprint density at radius 2 is 2.08 bits per heavy atom. The molecule has 0 bridgehead atoms. The number of ether oxygens (including phenoxy) is 2. The van der Waals surface area contributed by atoms with Gasteiger partial charge in [-0.2, -0.15) is 0 Å². The molecule has 8 nitrogen and oxygen atoms in total. The number of benzene rings is 1. The first kappa shape index (κ1) is 19.9. The second kappa shape index (κ2) is 9.35. The summed E-state index contributed by atoms with van der Waals surface area (Å²) < 4.78 is 36.9. The van der Waals surface area contributed by atoms with Crippen LogP contribution >= 0.6 is 11.6 Å². The SMILES string of the molecule is COc1ccc(S(=O)(=O)NCC(=O)NCCN2CCOCC2)cc1Cl. The summed E-state index contributed by atoms with van der Waals surface area (Å²) >= 11 is 5.93. The van der Waals surface area contributed by atoms with E-state index in [4.69, 9.17) is 21.1 Å². The van der Waals surface area contributed by atoms with E-state index in [0.717, 1.165) is 13.1 Å². The van der Waals surface area contributed by atoms with Gasteiger partial charge in [0, 0.05) is 26.2 Å². The van der Waals surface area contributed by atoms with Gasteiger partial charge in [0.15, 0.2) is 0 Å². The molecule has 1 saturated heterocycles. The number of rotatable bonds is 8. The highest BCUT2D eigenvalue weighted by Gasteiger charge is 2.17. The van der Waals surface area contributed by atoms with Crippen LogP contribution in [0.1, 0.15) is 0 Å². The van der Waals surface area contributed by atoms with Crippen LogP contribution in [0.15, 0.2) is 23.1 Å². The normalized spacial score (nSPS) is 15.8. The molecule has 1 fully saturated rings. The van der Waals surface area contributed by atoms with Crippen molar-refractivity contribution in [3.05, 3.63) is 23.2 Å². The molecule has 0 aliphatic carbocycles. The number of nitrogens with zero attached hydrogens (tertiary/aromatic N) is 1. The molecule has 0 saturated carbocycles. The average Bonchev–Trinajstić information content (AvgIpc) is 2.61. The van der Waals surface area contributed by atoms with Crippen molar-refractivity contribution < 1.29 is 22.7 Å². The fourth-order valence-corrected chi connectivity index (χ4v) is 3.63. The van der Waals surface area contributed by atoms with E-state index in [-0.39, 0.29) is 16.5 Å². The van der Waals surface area contributed by atoms with Crippen LogP contribution in [0.25, 0.3) is 0 Å². The summed E-state index contributed by atoms with van der Waals surface area (Å²) in [6.07, 6.45) is 0. The third kappa shape index (κ3) is 6.12. The van der Waals surface area contributed by atoms with Gasteiger partial charge in [0.25, 0.3) is 0 Å². The number of nitrogens with one attached hydrogen (secondary N) is 2. The smallest absolute Gasteiger partial charge is 0.241 e. The van der Waals surface area contributed by atoms with Crippen molar-refractivity contribution in [3.63, 3.8) is 0 Å². The third-order valence-electron chi connectivity index (χ3n) is 3.71. The molecule has 10 heteroatoms. The summed E-state index contributed by atoms with van der Waals surface area (Å²) in [5.41, 5.74) is 0. The molecule has 0 aromatic heterocycles. The predicted molar refractivity (Wildman–Crippen MR) is 93.5 cm³/mol. The van der Waals surface area contributed by atoms with Gasteiger partial charge in [-0.15, -0.1) is 0 Å². The van der Waals surface area contributed by atoms with Gasteiger partial charge in [-0.1, -0.05) is 11.6 Å². The molecule has 1 aliphatic rings. The molecule has 1 aliphatic heterocycles. The Bertz CT molecular complexity index is 692. The number of sulfonamides is 1. The second-order valence-electron chi connectivity index (χ2n) is 5.42. The molecule has 1 aromatic carbocycles. The summed E-state index contributed by atoms with van der Waals surface area (Å²) in [6, 6.07) is 4.10. The lowest BCUT2D eigenvalue weighted by Crippen LogP contribution is -2.43. The first-order chi connectivity index (χ1) is 11.9. The van der Waals surface area contributed by atoms with Crippen molar-refractivity contribution in [2.45, 2.75) is 4.90 Å². The van der Waals surface area contributed by atoms with Crippen molar-refractivity contribution >= 4 is 27.5 Å². The standard InChI is InChI=1S/C15H22ClN3O5S/c1-23-14-3-2-12(10-13(14)16)25(21,22)18-11-15(20)17-4-5-19-6-8-24-9-7-19/h2-3,10,18H,4-9,11H2,1H3,(H,17,20). The zero-order valence-electron chi connectivity index (χ0n) is 14.0. The Labute approximate surface area is 152 Å². The highest BCUT2D eigenvalue weighted by atomic mass is 35.5. The summed E-state index contributed by atoms with van der Waals surface area (Å²) in [5, 5.41) is 2.87. The van der Waals surface area contributed by atoms with Crippen LogP contribution in [0.3, 0.4) is 0 Å². The maximum atomic E-state index is 12.2. The molecule has 0 spiro atoms. The number of carbonyl (C=O) groups excluding carboxylic acids is 1. The fraction of sp³-hybridized carbons (Fsp3) is 0.533. The molecular weight excluding hydrogens is 370 g/mol. The molecule has 140 valence electrons. The summed E-state index contributed by atoms with van der Waals surface area (Å²) in [5.74, 6) is -0.0158. The molecule has 0 radical (unpaired) electrons. The number of halogens is 1. The van der Waals surface area contributed by atoms with Crippen LogP contribution in [-0.2, 0) is 19.6 Å². The summed E-state index contributed by atoms with van der Waals surface area (Å²) in [4.78, 5) is 13.9. The van der Waals surface area contributed by atoms with Crippen LogP contribution in [0.2, 0.25) is 5.02 Å². The maximum Gasteiger partial charge on any atom is 0.241 e. The largest absolute Gasteiger partial charge is 0.495 e. The van der Waals surface area contributed by atoms with Crippen LogP contribution in [-0.4, -0.2) is 72.3 Å². The average molecular weight is 392 g/mol. The molecule has 1 amide bonds. The highest BCUT2D eigenvalue weighted by Crippen LogP contribution is 2.26. The summed E-state index contributed by atoms with van der Waals surface area (Å²) in [6.45, 7) is 3.87. The molecule has 2 rings (SSSR count). The Balaban J connectivity index is 1.78. The van der Waals surface area contributed by atoms with Gasteiger partial charge in [-0.3, -0.25) is 9.69 Å². The van der Waals surface area contributed by atoms with E-state index < -0.39 is 15.9 Å². The minimum absolute atomic E-state index is 0.0283. The van der Waals surface area contributed by atoms with Crippen molar-refractivity contribution in [2.75, 3.05) is 53.0 Å². The van der Waals surface area contributed by atoms with Gasteiger partial charge >= 0.3 is 0 Å². The Morgan fingerprint density at radius 3 is 2.72 bits per heavy atom. The lowest BCUT2D eigenvalue weighted by molar-refractivity contribution is -0.120. The minimum Gasteiger partial charge on any atom is -0.495 e. The molecule has 0 unspecified atom stereocenters. The Hall–Kier alpha value is -1.39. The van der Waals surface area contributed by atoms with E-state index in [2.05, 4.69) is 14.9 Å². The highest BCUT2D eigenvalue weighted by molar-refractivity contribution is 7.89. The monoisotopic (exact) mass is 391 g/mol. The van der Waals surface area contributed by atoms with Gasteiger partial charge in [0.2, 0.25) is 15.9 Å².